The summed E-state index contributed by atoms with van der Waals surface area (Å²) < 4.78 is 11.2. The molecule has 0 atom stereocenters. The number of benzene rings is 3. The Bertz CT molecular complexity index is 1470. The number of carbonyl (C=O) groups is 5. The number of hydrogen-bond donors (Lipinski definition) is 3. The predicted molar refractivity (Wildman–Crippen MR) is 160 cm³/mol. The third-order valence-electron chi connectivity index (χ3n) is 5.80. The Balaban J connectivity index is 1.76. The first-order valence-electron chi connectivity index (χ1n) is 13.3. The van der Waals surface area contributed by atoms with Gasteiger partial charge < -0.3 is 30.1 Å². The highest BCUT2D eigenvalue weighted by molar-refractivity contribution is 6.02. The van der Waals surface area contributed by atoms with E-state index < -0.39 is 42.6 Å². The minimum absolute atomic E-state index is 0.0255. The zero-order chi connectivity index (χ0) is 31.6. The molecule has 0 spiro atoms. The Kier molecular flexibility index (Phi) is 10.8. The van der Waals surface area contributed by atoms with Crippen molar-refractivity contribution >= 4 is 46.8 Å². The Morgan fingerprint density at radius 3 is 2.21 bits per heavy atom. The molecule has 0 saturated heterocycles. The number of hydrogen-bond acceptors (Lipinski definition) is 7. The molecule has 0 aliphatic rings. The summed E-state index contributed by atoms with van der Waals surface area (Å²) in [6.07, 6.45) is 0. The quantitative estimate of drug-likeness (QED) is 0.284. The van der Waals surface area contributed by atoms with Crippen molar-refractivity contribution in [1.29, 1.82) is 0 Å². The van der Waals surface area contributed by atoms with E-state index in [0.717, 1.165) is 4.90 Å². The van der Waals surface area contributed by atoms with Crippen molar-refractivity contribution < 1.29 is 38.6 Å². The zero-order valence-electron chi connectivity index (χ0n) is 24.3. The number of aromatic carboxylic acids is 1. The molecule has 0 fully saturated rings. The maximum atomic E-state index is 13.4. The van der Waals surface area contributed by atoms with Gasteiger partial charge in [0.25, 0.3) is 5.91 Å². The van der Waals surface area contributed by atoms with Gasteiger partial charge in [0.1, 0.15) is 17.9 Å². The number of carboxylic acids is 1. The van der Waals surface area contributed by atoms with E-state index in [9.17, 15) is 24.0 Å². The lowest BCUT2D eigenvalue weighted by molar-refractivity contribution is -0.153. The molecule has 12 heteroatoms. The van der Waals surface area contributed by atoms with Crippen LogP contribution in [0.2, 0.25) is 0 Å². The van der Waals surface area contributed by atoms with Crippen LogP contribution in [0.1, 0.15) is 31.1 Å². The highest BCUT2D eigenvalue weighted by Gasteiger charge is 2.26. The Morgan fingerprint density at radius 2 is 1.53 bits per heavy atom. The predicted octanol–water partition coefficient (Wildman–Crippen LogP) is 3.92. The fourth-order valence-corrected chi connectivity index (χ4v) is 3.80. The second kappa shape index (κ2) is 14.5. The number of rotatable bonds is 11. The van der Waals surface area contributed by atoms with Crippen molar-refractivity contribution in [3.8, 4) is 5.75 Å². The number of carboxylic acid groups (broad SMARTS) is 1. The summed E-state index contributed by atoms with van der Waals surface area (Å²) in [6.45, 7) is 3.68. The molecular weight excluding hydrogens is 556 g/mol. The van der Waals surface area contributed by atoms with Crippen LogP contribution in [0.25, 0.3) is 0 Å². The molecule has 0 bridgehead atoms. The molecule has 0 heterocycles. The lowest BCUT2D eigenvalue weighted by Crippen LogP contribution is -2.45. The molecule has 0 aromatic heterocycles. The molecule has 226 valence electrons. The van der Waals surface area contributed by atoms with Crippen LogP contribution in [-0.4, -0.2) is 67.2 Å². The summed E-state index contributed by atoms with van der Waals surface area (Å²) in [6, 6.07) is 20.2. The molecule has 0 aliphatic carbocycles. The minimum Gasteiger partial charge on any atom is -0.482 e. The number of carbonyl (C=O) groups excluding carboxylic acids is 4. The average Bonchev–Trinajstić information content (AvgIpc) is 2.97. The third kappa shape index (κ3) is 9.88. The van der Waals surface area contributed by atoms with Crippen LogP contribution < -0.4 is 25.2 Å². The van der Waals surface area contributed by atoms with E-state index in [2.05, 4.69) is 10.6 Å². The Labute approximate surface area is 249 Å². The van der Waals surface area contributed by atoms with Gasteiger partial charge in [-0.05, 0) is 63.2 Å². The summed E-state index contributed by atoms with van der Waals surface area (Å²) >= 11 is 0. The van der Waals surface area contributed by atoms with Gasteiger partial charge in [0.2, 0.25) is 5.91 Å². The van der Waals surface area contributed by atoms with Gasteiger partial charge in [0, 0.05) is 18.4 Å². The fourth-order valence-electron chi connectivity index (χ4n) is 3.80. The van der Waals surface area contributed by atoms with Crippen molar-refractivity contribution in [1.82, 2.24) is 5.32 Å². The lowest BCUT2D eigenvalue weighted by atomic mass is 10.2. The van der Waals surface area contributed by atoms with E-state index in [1.807, 2.05) is 6.07 Å². The van der Waals surface area contributed by atoms with Crippen LogP contribution >= 0.6 is 0 Å². The Hall–Kier alpha value is -5.39. The molecule has 43 heavy (non-hydrogen) atoms. The second-order valence-corrected chi connectivity index (χ2v) is 10.3. The zero-order valence-corrected chi connectivity index (χ0v) is 24.3. The highest BCUT2D eigenvalue weighted by atomic mass is 16.6. The van der Waals surface area contributed by atoms with Crippen LogP contribution in [-0.2, 0) is 19.1 Å². The van der Waals surface area contributed by atoms with Gasteiger partial charge in [0.15, 0.2) is 6.61 Å². The van der Waals surface area contributed by atoms with E-state index in [1.54, 1.807) is 76.3 Å². The molecule has 0 radical (unpaired) electrons. The maximum Gasteiger partial charge on any atom is 0.335 e. The third-order valence-corrected chi connectivity index (χ3v) is 5.80. The molecule has 0 unspecified atom stereocenters. The molecule has 3 aromatic rings. The molecule has 0 aliphatic heterocycles. The largest absolute Gasteiger partial charge is 0.482 e. The van der Waals surface area contributed by atoms with Crippen molar-refractivity contribution in [3.63, 3.8) is 0 Å². The van der Waals surface area contributed by atoms with Gasteiger partial charge in [-0.3, -0.25) is 19.3 Å². The lowest BCUT2D eigenvalue weighted by Gasteiger charge is -2.27. The SMILES string of the molecule is CN(C(=O)COc1ccccc1N(CC(=O)OC(C)(C)C)C(=O)CNC(=O)Nc1cccc(C(=O)O)c1)c1ccccc1. The smallest absolute Gasteiger partial charge is 0.335 e. The molecule has 3 rings (SSSR count). The normalized spacial score (nSPS) is 10.7. The first-order chi connectivity index (χ1) is 20.3. The van der Waals surface area contributed by atoms with Gasteiger partial charge in [0.05, 0.1) is 17.8 Å². The van der Waals surface area contributed by atoms with Crippen molar-refractivity contribution in [2.45, 2.75) is 26.4 Å². The number of ether oxygens (including phenoxy) is 2. The first-order valence-corrected chi connectivity index (χ1v) is 13.3. The minimum atomic E-state index is -1.16. The monoisotopic (exact) mass is 590 g/mol. The number of esters is 1. The van der Waals surface area contributed by atoms with Gasteiger partial charge in [-0.1, -0.05) is 36.4 Å². The van der Waals surface area contributed by atoms with Crippen molar-refractivity contribution in [2.24, 2.45) is 0 Å². The van der Waals surface area contributed by atoms with E-state index in [-0.39, 0.29) is 35.2 Å². The van der Waals surface area contributed by atoms with Crippen LogP contribution in [0.4, 0.5) is 21.9 Å². The molecule has 0 saturated carbocycles. The first kappa shape index (κ1) is 32.1. The maximum absolute atomic E-state index is 13.4. The molecular formula is C31H34N4O8. The Morgan fingerprint density at radius 1 is 0.860 bits per heavy atom. The van der Waals surface area contributed by atoms with E-state index >= 15 is 0 Å². The van der Waals surface area contributed by atoms with Gasteiger partial charge >= 0.3 is 18.0 Å². The molecule has 12 nitrogen and oxygen atoms in total. The number of amides is 4. The van der Waals surface area contributed by atoms with Crippen LogP contribution in [0.5, 0.6) is 5.75 Å². The van der Waals surface area contributed by atoms with Crippen molar-refractivity contribution in [3.05, 3.63) is 84.4 Å². The van der Waals surface area contributed by atoms with E-state index in [4.69, 9.17) is 14.6 Å². The topological polar surface area (TPSA) is 155 Å². The number of nitrogens with one attached hydrogen (secondary N) is 2. The number of nitrogens with zero attached hydrogens (tertiary/aromatic N) is 2. The van der Waals surface area contributed by atoms with Crippen molar-refractivity contribution in [2.75, 3.05) is 41.9 Å². The fraction of sp³-hybridized carbons (Fsp3) is 0.258. The summed E-state index contributed by atoms with van der Waals surface area (Å²) in [5.74, 6) is -2.73. The van der Waals surface area contributed by atoms with Crippen LogP contribution in [0, 0.1) is 0 Å². The number of urea groups is 1. The van der Waals surface area contributed by atoms with Crippen LogP contribution in [0.3, 0.4) is 0 Å². The van der Waals surface area contributed by atoms with E-state index in [0.29, 0.717) is 5.69 Å². The van der Waals surface area contributed by atoms with Gasteiger partial charge in [-0.2, -0.15) is 0 Å². The average molecular weight is 591 g/mol. The highest BCUT2D eigenvalue weighted by Crippen LogP contribution is 2.29. The standard InChI is InChI=1S/C31H34N4O8/c1-31(2,3)43-28(38)19-35(26(36)18-32-30(41)33-22-12-10-11-21(17-22)29(39)40)24-15-8-9-16-25(24)42-20-27(37)34(4)23-13-6-5-7-14-23/h5-17H,18-20H2,1-4H3,(H,39,40)(H2,32,33,41). The molecule has 4 amide bonds. The number of anilines is 3. The number of likely N-dealkylation sites (N-methyl/N-ethyl adjacent to an activating group) is 1. The molecule has 3 aromatic carbocycles. The summed E-state index contributed by atoms with van der Waals surface area (Å²) in [5, 5.41) is 14.0. The number of para-hydroxylation sites is 3. The van der Waals surface area contributed by atoms with Gasteiger partial charge in [-0.15, -0.1) is 0 Å². The summed E-state index contributed by atoms with van der Waals surface area (Å²) in [5.41, 5.74) is 0.218. The summed E-state index contributed by atoms with van der Waals surface area (Å²) in [4.78, 5) is 65.2. The van der Waals surface area contributed by atoms with E-state index in [1.165, 1.54) is 29.2 Å². The molecule has 3 N–H and O–H groups in total. The van der Waals surface area contributed by atoms with Gasteiger partial charge in [-0.25, -0.2) is 9.59 Å². The second-order valence-electron chi connectivity index (χ2n) is 10.3. The summed E-state index contributed by atoms with van der Waals surface area (Å²) in [7, 11) is 1.61. The van der Waals surface area contributed by atoms with Crippen LogP contribution in [0.15, 0.2) is 78.9 Å².